The topological polar surface area (TPSA) is 37.4 Å². The van der Waals surface area contributed by atoms with Gasteiger partial charge < -0.3 is 0 Å². The number of carbonyl (C=O) groups excluding carboxylic acids is 2. The van der Waals surface area contributed by atoms with Gasteiger partial charge in [-0.15, -0.1) is 0 Å². The standard InChI is InChI=1S/C8H15NO2/c1-4-6-8(11)9(3)7(10)5-2/h4-6H2,1-3H3. The molecular weight excluding hydrogens is 142 g/mol. The molecule has 3 heteroatoms. The quantitative estimate of drug-likeness (QED) is 0.617. The molecule has 0 rings (SSSR count). The molecule has 0 aromatic rings. The van der Waals surface area contributed by atoms with E-state index in [-0.39, 0.29) is 11.8 Å². The summed E-state index contributed by atoms with van der Waals surface area (Å²) in [6, 6.07) is 0. The summed E-state index contributed by atoms with van der Waals surface area (Å²) in [4.78, 5) is 23.2. The Morgan fingerprint density at radius 2 is 1.73 bits per heavy atom. The van der Waals surface area contributed by atoms with Gasteiger partial charge in [0.15, 0.2) is 0 Å². The first-order chi connectivity index (χ1) is 5.13. The molecular formula is C8H15NO2. The van der Waals surface area contributed by atoms with Crippen molar-refractivity contribution in [1.82, 2.24) is 4.90 Å². The first-order valence-electron chi connectivity index (χ1n) is 3.92. The summed E-state index contributed by atoms with van der Waals surface area (Å²) < 4.78 is 0. The molecule has 0 spiro atoms. The maximum absolute atomic E-state index is 11.0. The van der Waals surface area contributed by atoms with Crippen LogP contribution >= 0.6 is 0 Å². The van der Waals surface area contributed by atoms with E-state index in [1.54, 1.807) is 6.92 Å². The summed E-state index contributed by atoms with van der Waals surface area (Å²) in [5.74, 6) is -0.192. The highest BCUT2D eigenvalue weighted by Crippen LogP contribution is 1.96. The van der Waals surface area contributed by atoms with Crippen LogP contribution in [-0.4, -0.2) is 23.8 Å². The fourth-order valence-corrected chi connectivity index (χ4v) is 0.758. The molecule has 0 heterocycles. The molecule has 0 radical (unpaired) electrons. The molecule has 0 atom stereocenters. The summed E-state index contributed by atoms with van der Waals surface area (Å²) in [6.07, 6.45) is 1.65. The number of amides is 2. The summed E-state index contributed by atoms with van der Waals surface area (Å²) in [5, 5.41) is 0. The maximum Gasteiger partial charge on any atom is 0.228 e. The van der Waals surface area contributed by atoms with Crippen LogP contribution in [0.4, 0.5) is 0 Å². The minimum atomic E-state index is -0.108. The number of hydrogen-bond acceptors (Lipinski definition) is 2. The average molecular weight is 157 g/mol. The highest BCUT2D eigenvalue weighted by atomic mass is 16.2. The molecule has 0 aliphatic carbocycles. The van der Waals surface area contributed by atoms with E-state index in [9.17, 15) is 9.59 Å². The van der Waals surface area contributed by atoms with Gasteiger partial charge in [0.2, 0.25) is 11.8 Å². The molecule has 0 fully saturated rings. The lowest BCUT2D eigenvalue weighted by Crippen LogP contribution is -2.32. The van der Waals surface area contributed by atoms with E-state index in [4.69, 9.17) is 0 Å². The Hall–Kier alpha value is -0.860. The summed E-state index contributed by atoms with van der Waals surface area (Å²) >= 11 is 0. The van der Waals surface area contributed by atoms with E-state index in [2.05, 4.69) is 0 Å². The number of nitrogens with zero attached hydrogens (tertiary/aromatic N) is 1. The molecule has 0 bridgehead atoms. The normalized spacial score (nSPS) is 9.36. The Bertz CT molecular complexity index is 154. The first-order valence-corrected chi connectivity index (χ1v) is 3.92. The van der Waals surface area contributed by atoms with Gasteiger partial charge in [0.25, 0.3) is 0 Å². The van der Waals surface area contributed by atoms with E-state index in [1.807, 2.05) is 6.92 Å². The Balaban J connectivity index is 3.91. The van der Waals surface area contributed by atoms with Crippen LogP contribution in [0.25, 0.3) is 0 Å². The van der Waals surface area contributed by atoms with Crippen LogP contribution in [0.15, 0.2) is 0 Å². The second-order valence-corrected chi connectivity index (χ2v) is 2.45. The third-order valence-corrected chi connectivity index (χ3v) is 1.51. The molecule has 0 unspecified atom stereocenters. The Morgan fingerprint density at radius 1 is 1.18 bits per heavy atom. The van der Waals surface area contributed by atoms with E-state index >= 15 is 0 Å². The number of hydrogen-bond donors (Lipinski definition) is 0. The molecule has 64 valence electrons. The fraction of sp³-hybridized carbons (Fsp3) is 0.750. The van der Waals surface area contributed by atoms with Crippen molar-refractivity contribution < 1.29 is 9.59 Å². The van der Waals surface area contributed by atoms with Crippen molar-refractivity contribution in [3.05, 3.63) is 0 Å². The Labute approximate surface area is 67.4 Å². The third-order valence-electron chi connectivity index (χ3n) is 1.51. The minimum Gasteiger partial charge on any atom is -0.286 e. The zero-order valence-corrected chi connectivity index (χ0v) is 7.39. The van der Waals surface area contributed by atoms with E-state index < -0.39 is 0 Å². The van der Waals surface area contributed by atoms with Gasteiger partial charge in [0.1, 0.15) is 0 Å². The van der Waals surface area contributed by atoms with Crippen molar-refractivity contribution in [2.24, 2.45) is 0 Å². The van der Waals surface area contributed by atoms with Crippen molar-refractivity contribution in [3.8, 4) is 0 Å². The molecule has 11 heavy (non-hydrogen) atoms. The minimum absolute atomic E-state index is 0.0839. The summed E-state index contributed by atoms with van der Waals surface area (Å²) in [7, 11) is 1.53. The van der Waals surface area contributed by atoms with Crippen molar-refractivity contribution in [3.63, 3.8) is 0 Å². The lowest BCUT2D eigenvalue weighted by atomic mass is 10.3. The van der Waals surface area contributed by atoms with Gasteiger partial charge >= 0.3 is 0 Å². The Morgan fingerprint density at radius 3 is 2.09 bits per heavy atom. The number of rotatable bonds is 3. The molecule has 0 aromatic heterocycles. The van der Waals surface area contributed by atoms with Crippen molar-refractivity contribution >= 4 is 11.8 Å². The fourth-order valence-electron chi connectivity index (χ4n) is 0.758. The molecule has 2 amide bonds. The highest BCUT2D eigenvalue weighted by molar-refractivity contribution is 5.94. The van der Waals surface area contributed by atoms with Crippen LogP contribution in [0, 0.1) is 0 Å². The van der Waals surface area contributed by atoms with Gasteiger partial charge in [-0.3, -0.25) is 14.5 Å². The maximum atomic E-state index is 11.0. The molecule has 0 aliphatic rings. The summed E-state index contributed by atoms with van der Waals surface area (Å²) in [6.45, 7) is 3.67. The molecule has 0 N–H and O–H groups in total. The lowest BCUT2D eigenvalue weighted by molar-refractivity contribution is -0.142. The van der Waals surface area contributed by atoms with Gasteiger partial charge in [0, 0.05) is 19.9 Å². The predicted molar refractivity (Wildman–Crippen MR) is 43.0 cm³/mol. The second-order valence-electron chi connectivity index (χ2n) is 2.45. The van der Waals surface area contributed by atoms with Crippen molar-refractivity contribution in [2.45, 2.75) is 33.1 Å². The Kier molecular flexibility index (Phi) is 4.50. The van der Waals surface area contributed by atoms with Crippen molar-refractivity contribution in [1.29, 1.82) is 0 Å². The van der Waals surface area contributed by atoms with Crippen LogP contribution < -0.4 is 0 Å². The number of carbonyl (C=O) groups is 2. The predicted octanol–water partition coefficient (Wildman–Crippen LogP) is 1.18. The van der Waals surface area contributed by atoms with Crippen LogP contribution in [0.2, 0.25) is 0 Å². The smallest absolute Gasteiger partial charge is 0.228 e. The van der Waals surface area contributed by atoms with Gasteiger partial charge in [-0.25, -0.2) is 0 Å². The van der Waals surface area contributed by atoms with Gasteiger partial charge in [-0.05, 0) is 6.42 Å². The average Bonchev–Trinajstić information content (AvgIpc) is 2.02. The zero-order valence-electron chi connectivity index (χ0n) is 7.39. The number of imide groups is 1. The van der Waals surface area contributed by atoms with E-state index in [1.165, 1.54) is 11.9 Å². The first kappa shape index (κ1) is 10.1. The lowest BCUT2D eigenvalue weighted by Gasteiger charge is -2.12. The van der Waals surface area contributed by atoms with Gasteiger partial charge in [-0.1, -0.05) is 13.8 Å². The zero-order chi connectivity index (χ0) is 8.85. The van der Waals surface area contributed by atoms with Gasteiger partial charge in [-0.2, -0.15) is 0 Å². The van der Waals surface area contributed by atoms with E-state index in [0.717, 1.165) is 6.42 Å². The van der Waals surface area contributed by atoms with Crippen LogP contribution in [0.1, 0.15) is 33.1 Å². The monoisotopic (exact) mass is 157 g/mol. The van der Waals surface area contributed by atoms with E-state index in [0.29, 0.717) is 12.8 Å². The molecule has 0 saturated carbocycles. The molecule has 0 aliphatic heterocycles. The highest BCUT2D eigenvalue weighted by Gasteiger charge is 2.12. The molecule has 3 nitrogen and oxygen atoms in total. The largest absolute Gasteiger partial charge is 0.286 e. The third kappa shape index (κ3) is 3.16. The van der Waals surface area contributed by atoms with Gasteiger partial charge in [0.05, 0.1) is 0 Å². The van der Waals surface area contributed by atoms with Crippen LogP contribution in [0.3, 0.4) is 0 Å². The van der Waals surface area contributed by atoms with Crippen molar-refractivity contribution in [2.75, 3.05) is 7.05 Å². The molecule has 0 aromatic carbocycles. The molecule has 0 saturated heterocycles. The van der Waals surface area contributed by atoms with Crippen LogP contribution in [-0.2, 0) is 9.59 Å². The SMILES string of the molecule is CCCC(=O)N(C)C(=O)CC. The van der Waals surface area contributed by atoms with Crippen LogP contribution in [0.5, 0.6) is 0 Å². The second kappa shape index (κ2) is 4.88. The summed E-state index contributed by atoms with van der Waals surface area (Å²) in [5.41, 5.74) is 0.